The lowest BCUT2D eigenvalue weighted by Gasteiger charge is -2.10. The van der Waals surface area contributed by atoms with E-state index in [1.807, 2.05) is 25.6 Å². The molecule has 0 bridgehead atoms. The summed E-state index contributed by atoms with van der Waals surface area (Å²) < 4.78 is 6.66. The second-order valence-electron chi connectivity index (χ2n) is 5.02. The van der Waals surface area contributed by atoms with Gasteiger partial charge in [-0.25, -0.2) is 0 Å². The van der Waals surface area contributed by atoms with E-state index in [1.54, 1.807) is 7.11 Å². The van der Waals surface area contributed by atoms with Crippen LogP contribution in [0.15, 0.2) is 0 Å². The molecule has 114 valence electrons. The van der Waals surface area contributed by atoms with E-state index in [0.29, 0.717) is 32.4 Å². The largest absolute Gasteiger partial charge is 0.391 e. The van der Waals surface area contributed by atoms with E-state index in [1.165, 1.54) is 0 Å². The van der Waals surface area contributed by atoms with Gasteiger partial charge in [0.05, 0.1) is 18.4 Å². The summed E-state index contributed by atoms with van der Waals surface area (Å²) in [7, 11) is 3.45. The minimum absolute atomic E-state index is 0.00253. The van der Waals surface area contributed by atoms with Crippen LogP contribution in [-0.4, -0.2) is 47.2 Å². The van der Waals surface area contributed by atoms with E-state index < -0.39 is 6.10 Å². The normalized spacial score (nSPS) is 12.4. The number of aliphatic hydroxyl groups excluding tert-OH is 1. The summed E-state index contributed by atoms with van der Waals surface area (Å²) in [5, 5.41) is 16.6. The molecule has 0 aromatic carbocycles. The van der Waals surface area contributed by atoms with Gasteiger partial charge in [-0.2, -0.15) is 5.10 Å². The Labute approximate surface area is 120 Å². The maximum Gasteiger partial charge on any atom is 0.220 e. The number of nitrogens with zero attached hydrogens (tertiary/aromatic N) is 2. The van der Waals surface area contributed by atoms with Crippen molar-refractivity contribution in [3.8, 4) is 0 Å². The second kappa shape index (κ2) is 8.01. The Morgan fingerprint density at radius 3 is 2.75 bits per heavy atom. The predicted octanol–water partition coefficient (Wildman–Crippen LogP) is 0.483. The first kappa shape index (κ1) is 16.7. The minimum atomic E-state index is -0.525. The number of rotatable bonds is 8. The maximum atomic E-state index is 11.7. The van der Waals surface area contributed by atoms with Crippen LogP contribution in [0.2, 0.25) is 0 Å². The van der Waals surface area contributed by atoms with Gasteiger partial charge in [-0.15, -0.1) is 0 Å². The first-order valence-corrected chi connectivity index (χ1v) is 6.88. The topological polar surface area (TPSA) is 76.4 Å². The van der Waals surface area contributed by atoms with Gasteiger partial charge < -0.3 is 15.2 Å². The number of aryl methyl sites for hydroxylation is 2. The minimum Gasteiger partial charge on any atom is -0.391 e. The molecule has 0 saturated heterocycles. The number of carbonyl (C=O) groups is 1. The van der Waals surface area contributed by atoms with Crippen LogP contribution in [-0.2, 0) is 23.0 Å². The lowest BCUT2D eigenvalue weighted by molar-refractivity contribution is -0.121. The molecule has 1 atom stereocenters. The third kappa shape index (κ3) is 4.94. The van der Waals surface area contributed by atoms with Gasteiger partial charge in [-0.1, -0.05) is 0 Å². The van der Waals surface area contributed by atoms with Gasteiger partial charge in [0.2, 0.25) is 5.91 Å². The Morgan fingerprint density at radius 1 is 1.50 bits per heavy atom. The Balaban J connectivity index is 2.30. The average Bonchev–Trinajstić information content (AvgIpc) is 2.61. The molecule has 1 aromatic rings. The first-order chi connectivity index (χ1) is 9.45. The lowest BCUT2D eigenvalue weighted by Crippen LogP contribution is -2.28. The monoisotopic (exact) mass is 283 g/mol. The van der Waals surface area contributed by atoms with Gasteiger partial charge in [0, 0.05) is 32.8 Å². The molecule has 0 saturated carbocycles. The smallest absolute Gasteiger partial charge is 0.220 e. The third-order valence-corrected chi connectivity index (χ3v) is 3.42. The SMILES string of the molecule is COCC(O)CCNC(=O)CCc1c(C)nn(C)c1C. The van der Waals surface area contributed by atoms with Crippen molar-refractivity contribution >= 4 is 5.91 Å². The van der Waals surface area contributed by atoms with E-state index in [2.05, 4.69) is 10.4 Å². The van der Waals surface area contributed by atoms with Gasteiger partial charge in [0.15, 0.2) is 0 Å². The van der Waals surface area contributed by atoms with Crippen molar-refractivity contribution in [2.24, 2.45) is 7.05 Å². The zero-order valence-corrected chi connectivity index (χ0v) is 12.8. The molecule has 20 heavy (non-hydrogen) atoms. The van der Waals surface area contributed by atoms with Crippen molar-refractivity contribution < 1.29 is 14.6 Å². The van der Waals surface area contributed by atoms with Crippen molar-refractivity contribution in [2.45, 2.75) is 39.2 Å². The summed E-state index contributed by atoms with van der Waals surface area (Å²) in [6, 6.07) is 0. The van der Waals surface area contributed by atoms with Crippen LogP contribution in [0.1, 0.15) is 29.8 Å². The second-order valence-corrected chi connectivity index (χ2v) is 5.02. The molecule has 0 radical (unpaired) electrons. The number of aromatic nitrogens is 2. The van der Waals surface area contributed by atoms with Gasteiger partial charge >= 0.3 is 0 Å². The fourth-order valence-corrected chi connectivity index (χ4v) is 2.16. The Hall–Kier alpha value is -1.40. The van der Waals surface area contributed by atoms with E-state index in [-0.39, 0.29) is 5.91 Å². The van der Waals surface area contributed by atoms with E-state index in [0.717, 1.165) is 17.0 Å². The summed E-state index contributed by atoms with van der Waals surface area (Å²) in [6.07, 6.45) is 1.11. The van der Waals surface area contributed by atoms with Crippen LogP contribution in [0.5, 0.6) is 0 Å². The molecule has 1 unspecified atom stereocenters. The molecule has 0 spiro atoms. The number of methoxy groups -OCH3 is 1. The Kier molecular flexibility index (Phi) is 6.67. The molecule has 1 amide bonds. The fraction of sp³-hybridized carbons (Fsp3) is 0.714. The molecule has 2 N–H and O–H groups in total. The molecular formula is C14H25N3O3. The van der Waals surface area contributed by atoms with Crippen LogP contribution >= 0.6 is 0 Å². The first-order valence-electron chi connectivity index (χ1n) is 6.88. The Morgan fingerprint density at radius 2 is 2.20 bits per heavy atom. The van der Waals surface area contributed by atoms with E-state index >= 15 is 0 Å². The molecule has 0 aliphatic heterocycles. The van der Waals surface area contributed by atoms with Gasteiger partial charge in [0.1, 0.15) is 0 Å². The van der Waals surface area contributed by atoms with E-state index in [4.69, 9.17) is 4.74 Å². The summed E-state index contributed by atoms with van der Waals surface area (Å²) in [4.78, 5) is 11.7. The standard InChI is InChI=1S/C14H25N3O3/c1-10-13(11(2)17(3)16-10)5-6-14(19)15-8-7-12(18)9-20-4/h12,18H,5-9H2,1-4H3,(H,15,19). The number of hydrogen-bond acceptors (Lipinski definition) is 4. The van der Waals surface area contributed by atoms with Crippen LogP contribution < -0.4 is 5.32 Å². The zero-order chi connectivity index (χ0) is 15.1. The van der Waals surface area contributed by atoms with Crippen LogP contribution in [0.4, 0.5) is 0 Å². The van der Waals surface area contributed by atoms with Crippen LogP contribution in [0.25, 0.3) is 0 Å². The highest BCUT2D eigenvalue weighted by Gasteiger charge is 2.11. The predicted molar refractivity (Wildman–Crippen MR) is 76.5 cm³/mol. The lowest BCUT2D eigenvalue weighted by atomic mass is 10.1. The molecule has 0 aliphatic rings. The summed E-state index contributed by atoms with van der Waals surface area (Å²) in [5.74, 6) is -0.00253. The average molecular weight is 283 g/mol. The molecule has 1 aromatic heterocycles. The van der Waals surface area contributed by atoms with Crippen molar-refractivity contribution in [1.82, 2.24) is 15.1 Å². The summed E-state index contributed by atoms with van der Waals surface area (Å²) >= 11 is 0. The highest BCUT2D eigenvalue weighted by atomic mass is 16.5. The quantitative estimate of drug-likeness (QED) is 0.728. The van der Waals surface area contributed by atoms with Crippen LogP contribution in [0, 0.1) is 13.8 Å². The molecule has 0 fully saturated rings. The molecule has 1 rings (SSSR count). The third-order valence-electron chi connectivity index (χ3n) is 3.42. The Bertz CT molecular complexity index is 443. The van der Waals surface area contributed by atoms with Gasteiger partial charge in [0.25, 0.3) is 0 Å². The number of aliphatic hydroxyl groups is 1. The molecule has 6 nitrogen and oxygen atoms in total. The van der Waals surface area contributed by atoms with Crippen molar-refractivity contribution in [3.63, 3.8) is 0 Å². The number of ether oxygens (including phenoxy) is 1. The molecule has 1 heterocycles. The highest BCUT2D eigenvalue weighted by Crippen LogP contribution is 2.13. The summed E-state index contributed by atoms with van der Waals surface area (Å²) in [6.45, 7) is 4.73. The van der Waals surface area contributed by atoms with Gasteiger partial charge in [-0.05, 0) is 32.3 Å². The molecule has 6 heteroatoms. The molecular weight excluding hydrogens is 258 g/mol. The van der Waals surface area contributed by atoms with Crippen molar-refractivity contribution in [2.75, 3.05) is 20.3 Å². The summed E-state index contributed by atoms with van der Waals surface area (Å²) in [5.41, 5.74) is 3.22. The fourth-order valence-electron chi connectivity index (χ4n) is 2.16. The van der Waals surface area contributed by atoms with Crippen LogP contribution in [0.3, 0.4) is 0 Å². The van der Waals surface area contributed by atoms with Crippen molar-refractivity contribution in [3.05, 3.63) is 17.0 Å². The highest BCUT2D eigenvalue weighted by molar-refractivity contribution is 5.76. The molecule has 0 aliphatic carbocycles. The van der Waals surface area contributed by atoms with Gasteiger partial charge in [-0.3, -0.25) is 9.48 Å². The number of carbonyl (C=O) groups excluding carboxylic acids is 1. The number of nitrogens with one attached hydrogen (secondary N) is 1. The maximum absolute atomic E-state index is 11.7. The van der Waals surface area contributed by atoms with Crippen molar-refractivity contribution in [1.29, 1.82) is 0 Å². The number of amides is 1. The van der Waals surface area contributed by atoms with E-state index in [9.17, 15) is 9.90 Å². The number of hydrogen-bond donors (Lipinski definition) is 2. The zero-order valence-electron chi connectivity index (χ0n) is 12.8.